The highest BCUT2D eigenvalue weighted by Crippen LogP contribution is 2.38. The first kappa shape index (κ1) is 13.7. The Morgan fingerprint density at radius 1 is 1.10 bits per heavy atom. The van der Waals surface area contributed by atoms with E-state index in [0.717, 1.165) is 17.8 Å². The van der Waals surface area contributed by atoms with Crippen molar-refractivity contribution < 1.29 is 4.79 Å². The van der Waals surface area contributed by atoms with Gasteiger partial charge in [-0.3, -0.25) is 4.79 Å². The van der Waals surface area contributed by atoms with E-state index in [2.05, 4.69) is 30.4 Å². The molecule has 0 saturated carbocycles. The van der Waals surface area contributed by atoms with E-state index in [-0.39, 0.29) is 18.0 Å². The van der Waals surface area contributed by atoms with Crippen molar-refractivity contribution in [2.24, 2.45) is 0 Å². The molecule has 0 bridgehead atoms. The quantitative estimate of drug-likeness (QED) is 0.902. The number of anilines is 2. The van der Waals surface area contributed by atoms with Crippen LogP contribution in [-0.4, -0.2) is 11.9 Å². The number of fused-ring (bicyclic) bond motifs is 1. The lowest BCUT2D eigenvalue weighted by molar-refractivity contribution is -0.117. The van der Waals surface area contributed by atoms with Gasteiger partial charge in [0.15, 0.2) is 0 Å². The van der Waals surface area contributed by atoms with Crippen LogP contribution in [0.4, 0.5) is 11.4 Å². The van der Waals surface area contributed by atoms with E-state index in [9.17, 15) is 4.79 Å². The molecule has 0 spiro atoms. The van der Waals surface area contributed by atoms with Gasteiger partial charge < -0.3 is 10.2 Å². The fraction of sp³-hybridized carbons (Fsp3) is 0.278. The summed E-state index contributed by atoms with van der Waals surface area (Å²) in [5.41, 5.74) is 3.33. The topological polar surface area (TPSA) is 32.3 Å². The van der Waals surface area contributed by atoms with Gasteiger partial charge in [0.05, 0.1) is 6.04 Å². The van der Waals surface area contributed by atoms with Crippen LogP contribution < -0.4 is 10.2 Å². The molecule has 1 aliphatic rings. The van der Waals surface area contributed by atoms with Crippen molar-refractivity contribution in [3.05, 3.63) is 60.2 Å². The first-order valence-corrected chi connectivity index (χ1v) is 7.37. The molecule has 0 aromatic heterocycles. The molecule has 2 atom stereocenters. The molecule has 21 heavy (non-hydrogen) atoms. The Labute approximate surface area is 125 Å². The van der Waals surface area contributed by atoms with Gasteiger partial charge in [0.25, 0.3) is 0 Å². The second-order valence-electron chi connectivity index (χ2n) is 5.60. The summed E-state index contributed by atoms with van der Waals surface area (Å²) in [4.78, 5) is 13.8. The van der Waals surface area contributed by atoms with Crippen LogP contribution in [-0.2, 0) is 4.79 Å². The summed E-state index contributed by atoms with van der Waals surface area (Å²) in [7, 11) is 0. The highest BCUT2D eigenvalue weighted by Gasteiger charge is 2.31. The molecular weight excluding hydrogens is 260 g/mol. The van der Waals surface area contributed by atoms with Crippen molar-refractivity contribution in [2.75, 3.05) is 10.2 Å². The minimum Gasteiger partial charge on any atom is -0.378 e. The molecule has 0 unspecified atom stereocenters. The normalized spacial score (nSPS) is 20.8. The third-order valence-electron chi connectivity index (χ3n) is 4.04. The number of carbonyl (C=O) groups is 1. The van der Waals surface area contributed by atoms with Crippen LogP contribution in [0.3, 0.4) is 0 Å². The lowest BCUT2D eigenvalue weighted by Crippen LogP contribution is -2.43. The first-order chi connectivity index (χ1) is 10.2. The average molecular weight is 280 g/mol. The minimum atomic E-state index is 0.105. The Balaban J connectivity index is 1.96. The predicted molar refractivity (Wildman–Crippen MR) is 86.5 cm³/mol. The summed E-state index contributed by atoms with van der Waals surface area (Å²) < 4.78 is 0. The van der Waals surface area contributed by atoms with Crippen molar-refractivity contribution in [1.29, 1.82) is 0 Å². The molecule has 0 aliphatic carbocycles. The number of rotatable bonds is 2. The fourth-order valence-electron chi connectivity index (χ4n) is 3.16. The van der Waals surface area contributed by atoms with Crippen molar-refractivity contribution in [3.63, 3.8) is 0 Å². The molecule has 3 rings (SSSR count). The minimum absolute atomic E-state index is 0.105. The zero-order chi connectivity index (χ0) is 14.8. The monoisotopic (exact) mass is 280 g/mol. The highest BCUT2D eigenvalue weighted by molar-refractivity contribution is 5.93. The van der Waals surface area contributed by atoms with E-state index < -0.39 is 0 Å². The van der Waals surface area contributed by atoms with Crippen LogP contribution in [0.25, 0.3) is 0 Å². The summed E-state index contributed by atoms with van der Waals surface area (Å²) in [6.45, 7) is 3.75. The number of hydrogen-bond donors (Lipinski definition) is 1. The van der Waals surface area contributed by atoms with Gasteiger partial charge in [-0.2, -0.15) is 0 Å². The third-order valence-corrected chi connectivity index (χ3v) is 4.04. The third kappa shape index (κ3) is 2.64. The van der Waals surface area contributed by atoms with E-state index in [4.69, 9.17) is 0 Å². The maximum absolute atomic E-state index is 11.9. The maximum Gasteiger partial charge on any atom is 0.224 e. The molecule has 2 aromatic carbocycles. The molecule has 108 valence electrons. The second kappa shape index (κ2) is 5.60. The molecule has 0 fully saturated rings. The van der Waals surface area contributed by atoms with E-state index in [1.807, 2.05) is 41.3 Å². The van der Waals surface area contributed by atoms with Gasteiger partial charge in [-0.25, -0.2) is 0 Å². The van der Waals surface area contributed by atoms with Crippen LogP contribution in [0, 0.1) is 0 Å². The Kier molecular flexibility index (Phi) is 3.65. The van der Waals surface area contributed by atoms with Crippen LogP contribution >= 0.6 is 0 Å². The summed E-state index contributed by atoms with van der Waals surface area (Å²) in [5.74, 6) is 0.105. The lowest BCUT2D eigenvalue weighted by Gasteiger charge is -2.39. The van der Waals surface area contributed by atoms with Crippen molar-refractivity contribution in [3.8, 4) is 0 Å². The SMILES string of the molecule is CC(=O)N1c2ccccc2[C@@H](Nc2ccccc2)C[C@H]1C. The van der Waals surface area contributed by atoms with E-state index in [1.165, 1.54) is 5.56 Å². The number of benzene rings is 2. The van der Waals surface area contributed by atoms with Crippen LogP contribution in [0.15, 0.2) is 54.6 Å². The number of hydrogen-bond acceptors (Lipinski definition) is 2. The number of para-hydroxylation sites is 2. The molecule has 0 saturated heterocycles. The zero-order valence-electron chi connectivity index (χ0n) is 12.4. The smallest absolute Gasteiger partial charge is 0.224 e. The predicted octanol–water partition coefficient (Wildman–Crippen LogP) is 3.98. The van der Waals surface area contributed by atoms with E-state index in [1.54, 1.807) is 6.92 Å². The first-order valence-electron chi connectivity index (χ1n) is 7.37. The van der Waals surface area contributed by atoms with Crippen LogP contribution in [0.5, 0.6) is 0 Å². The fourth-order valence-corrected chi connectivity index (χ4v) is 3.16. The lowest BCUT2D eigenvalue weighted by atomic mass is 9.91. The van der Waals surface area contributed by atoms with Gasteiger partial charge in [0.2, 0.25) is 5.91 Å². The van der Waals surface area contributed by atoms with Gasteiger partial charge in [-0.1, -0.05) is 36.4 Å². The van der Waals surface area contributed by atoms with E-state index in [0.29, 0.717) is 0 Å². The molecule has 1 heterocycles. The number of carbonyl (C=O) groups excluding carboxylic acids is 1. The summed E-state index contributed by atoms with van der Waals surface area (Å²) >= 11 is 0. The van der Waals surface area contributed by atoms with Crippen LogP contribution in [0.1, 0.15) is 31.9 Å². The molecule has 1 amide bonds. The molecule has 3 heteroatoms. The van der Waals surface area contributed by atoms with E-state index >= 15 is 0 Å². The van der Waals surface area contributed by atoms with Crippen molar-refractivity contribution >= 4 is 17.3 Å². The molecular formula is C18H20N2O. The second-order valence-corrected chi connectivity index (χ2v) is 5.60. The summed E-state index contributed by atoms with van der Waals surface area (Å²) in [5, 5.41) is 3.59. The van der Waals surface area contributed by atoms with Crippen molar-refractivity contribution in [1.82, 2.24) is 0 Å². The highest BCUT2D eigenvalue weighted by atomic mass is 16.2. The van der Waals surface area contributed by atoms with Gasteiger partial charge in [0, 0.05) is 24.3 Å². The zero-order valence-corrected chi connectivity index (χ0v) is 12.4. The standard InChI is InChI=1S/C18H20N2O/c1-13-12-17(19-15-8-4-3-5-9-15)16-10-6-7-11-18(16)20(13)14(2)21/h3-11,13,17,19H,12H2,1-2H3/t13-,17+/m1/s1. The van der Waals surface area contributed by atoms with Gasteiger partial charge in [0.1, 0.15) is 0 Å². The summed E-state index contributed by atoms with van der Waals surface area (Å²) in [6, 6.07) is 18.8. The maximum atomic E-state index is 11.9. The average Bonchev–Trinajstić information content (AvgIpc) is 2.48. The number of nitrogens with zero attached hydrogens (tertiary/aromatic N) is 1. The largest absolute Gasteiger partial charge is 0.378 e. The van der Waals surface area contributed by atoms with Crippen molar-refractivity contribution in [2.45, 2.75) is 32.4 Å². The number of amides is 1. The molecule has 1 N–H and O–H groups in total. The van der Waals surface area contributed by atoms with Gasteiger partial charge in [-0.05, 0) is 37.1 Å². The molecule has 0 radical (unpaired) electrons. The Bertz CT molecular complexity index is 639. The Hall–Kier alpha value is -2.29. The number of nitrogens with one attached hydrogen (secondary N) is 1. The van der Waals surface area contributed by atoms with Gasteiger partial charge in [-0.15, -0.1) is 0 Å². The molecule has 2 aromatic rings. The van der Waals surface area contributed by atoms with Gasteiger partial charge >= 0.3 is 0 Å². The Morgan fingerprint density at radius 2 is 1.76 bits per heavy atom. The van der Waals surface area contributed by atoms with Crippen LogP contribution in [0.2, 0.25) is 0 Å². The Morgan fingerprint density at radius 3 is 2.48 bits per heavy atom. The summed E-state index contributed by atoms with van der Waals surface area (Å²) in [6.07, 6.45) is 0.908. The molecule has 1 aliphatic heterocycles. The molecule has 3 nitrogen and oxygen atoms in total.